The van der Waals surface area contributed by atoms with Crippen LogP contribution in [0, 0.1) is 6.92 Å². The number of fused-ring (bicyclic) bond motifs is 3. The van der Waals surface area contributed by atoms with Gasteiger partial charge in [-0.3, -0.25) is 4.79 Å². The summed E-state index contributed by atoms with van der Waals surface area (Å²) in [4.78, 5) is 28.3. The van der Waals surface area contributed by atoms with Gasteiger partial charge in [-0.25, -0.2) is 9.97 Å². The van der Waals surface area contributed by atoms with Crippen molar-refractivity contribution in [3.63, 3.8) is 0 Å². The Bertz CT molecular complexity index is 1860. The van der Waals surface area contributed by atoms with Gasteiger partial charge in [0, 0.05) is 58.7 Å². The fourth-order valence-electron chi connectivity index (χ4n) is 5.04. The van der Waals surface area contributed by atoms with Gasteiger partial charge in [-0.15, -0.1) is 0 Å². The summed E-state index contributed by atoms with van der Waals surface area (Å²) in [6.45, 7) is 3.47. The van der Waals surface area contributed by atoms with Crippen molar-refractivity contribution in [2.24, 2.45) is 0 Å². The molecule has 9 heteroatoms. The zero-order valence-electron chi connectivity index (χ0n) is 22.2. The third kappa shape index (κ3) is 4.83. The number of aromatic nitrogens is 4. The molecule has 0 unspecified atom stereocenters. The van der Waals surface area contributed by atoms with Gasteiger partial charge < -0.3 is 29.9 Å². The third-order valence-corrected chi connectivity index (χ3v) is 7.04. The number of rotatable bonds is 9. The van der Waals surface area contributed by atoms with E-state index >= 15 is 0 Å². The molecule has 9 nitrogen and oxygen atoms in total. The van der Waals surface area contributed by atoms with Crippen molar-refractivity contribution in [3.8, 4) is 22.9 Å². The van der Waals surface area contributed by atoms with Crippen molar-refractivity contribution < 1.29 is 19.4 Å². The molecule has 0 aliphatic carbocycles. The number of benzene rings is 3. The number of hydrogen-bond donors (Lipinski definition) is 4. The Hall–Kier alpha value is -4.89. The van der Waals surface area contributed by atoms with Crippen molar-refractivity contribution in [2.75, 3.05) is 26.9 Å². The molecule has 0 saturated heterocycles. The van der Waals surface area contributed by atoms with Gasteiger partial charge in [0.15, 0.2) is 5.88 Å². The molecule has 0 aliphatic rings. The molecule has 3 heterocycles. The standard InChI is InChI=1S/C31H29N5O4/c1-18-3-7-25-23(13-18)20(16-33-25)9-10-32-30(37)19-4-8-26-24(14-19)28(31(38)36-26)29-22-6-5-21(40-12-11-39-2)15-27(22)34-17-35-29/h3-8,13-17,33,36,38H,9-12H2,1-2H3,(H,32,37). The van der Waals surface area contributed by atoms with Crippen LogP contribution in [0.3, 0.4) is 0 Å². The Morgan fingerprint density at radius 3 is 2.73 bits per heavy atom. The largest absolute Gasteiger partial charge is 0.494 e. The molecule has 0 aliphatic heterocycles. The minimum absolute atomic E-state index is 0.0254. The Kier molecular flexibility index (Phi) is 6.79. The van der Waals surface area contributed by atoms with Gasteiger partial charge in [-0.2, -0.15) is 0 Å². The minimum Gasteiger partial charge on any atom is -0.494 e. The number of aromatic hydroxyl groups is 1. The number of methoxy groups -OCH3 is 1. The number of carbonyl (C=O) groups excluding carboxylic acids is 1. The van der Waals surface area contributed by atoms with E-state index in [0.717, 1.165) is 16.5 Å². The molecule has 3 aromatic heterocycles. The first kappa shape index (κ1) is 25.4. The monoisotopic (exact) mass is 535 g/mol. The molecule has 4 N–H and O–H groups in total. The molecule has 0 spiro atoms. The number of aryl methyl sites for hydroxylation is 1. The van der Waals surface area contributed by atoms with E-state index in [4.69, 9.17) is 9.47 Å². The topological polar surface area (TPSA) is 125 Å². The van der Waals surface area contributed by atoms with Gasteiger partial charge in [0.2, 0.25) is 0 Å². The molecule has 6 aromatic rings. The van der Waals surface area contributed by atoms with E-state index in [1.807, 2.05) is 24.4 Å². The van der Waals surface area contributed by atoms with E-state index in [9.17, 15) is 9.90 Å². The van der Waals surface area contributed by atoms with E-state index in [0.29, 0.717) is 65.2 Å². The number of aromatic amines is 2. The number of H-pyrrole nitrogens is 2. The van der Waals surface area contributed by atoms with Crippen LogP contribution in [0.15, 0.2) is 67.1 Å². The van der Waals surface area contributed by atoms with E-state index in [-0.39, 0.29) is 11.8 Å². The second kappa shape index (κ2) is 10.7. The molecular weight excluding hydrogens is 506 g/mol. The van der Waals surface area contributed by atoms with Crippen molar-refractivity contribution in [1.29, 1.82) is 0 Å². The fourth-order valence-corrected chi connectivity index (χ4v) is 5.04. The van der Waals surface area contributed by atoms with E-state index in [1.54, 1.807) is 25.3 Å². The van der Waals surface area contributed by atoms with E-state index in [2.05, 4.69) is 50.4 Å². The zero-order valence-corrected chi connectivity index (χ0v) is 22.2. The van der Waals surface area contributed by atoms with Gasteiger partial charge in [-0.1, -0.05) is 11.6 Å². The van der Waals surface area contributed by atoms with E-state index < -0.39 is 0 Å². The van der Waals surface area contributed by atoms with Crippen LogP contribution in [0.4, 0.5) is 0 Å². The summed E-state index contributed by atoms with van der Waals surface area (Å²) in [5.41, 5.74) is 6.39. The number of nitrogens with one attached hydrogen (secondary N) is 3. The second-order valence-corrected chi connectivity index (χ2v) is 9.72. The lowest BCUT2D eigenvalue weighted by molar-refractivity contribution is 0.0954. The number of carbonyl (C=O) groups is 1. The maximum atomic E-state index is 13.1. The van der Waals surface area contributed by atoms with Gasteiger partial charge >= 0.3 is 0 Å². The molecular formula is C31H29N5O4. The maximum absolute atomic E-state index is 13.1. The second-order valence-electron chi connectivity index (χ2n) is 9.72. The smallest absolute Gasteiger partial charge is 0.251 e. The zero-order chi connectivity index (χ0) is 27.6. The number of hydrogen-bond acceptors (Lipinski definition) is 6. The maximum Gasteiger partial charge on any atom is 0.251 e. The van der Waals surface area contributed by atoms with Gasteiger partial charge in [-0.05, 0) is 61.4 Å². The van der Waals surface area contributed by atoms with Crippen LogP contribution in [0.1, 0.15) is 21.5 Å². The van der Waals surface area contributed by atoms with Crippen molar-refractivity contribution in [1.82, 2.24) is 25.3 Å². The molecule has 0 fully saturated rings. The normalized spacial score (nSPS) is 11.4. The number of nitrogens with zero attached hydrogens (tertiary/aromatic N) is 2. The number of amides is 1. The highest BCUT2D eigenvalue weighted by Crippen LogP contribution is 2.39. The summed E-state index contributed by atoms with van der Waals surface area (Å²) in [5, 5.41) is 16.5. The average molecular weight is 536 g/mol. The Morgan fingerprint density at radius 2 is 1.85 bits per heavy atom. The summed E-state index contributed by atoms with van der Waals surface area (Å²) in [7, 11) is 1.62. The van der Waals surface area contributed by atoms with Crippen LogP contribution in [0.5, 0.6) is 11.6 Å². The van der Waals surface area contributed by atoms with Gasteiger partial charge in [0.05, 0.1) is 23.4 Å². The van der Waals surface area contributed by atoms with Crippen molar-refractivity contribution >= 4 is 38.6 Å². The van der Waals surface area contributed by atoms with Crippen LogP contribution in [0.25, 0.3) is 44.0 Å². The molecule has 0 atom stereocenters. The molecule has 6 rings (SSSR count). The van der Waals surface area contributed by atoms with Crippen molar-refractivity contribution in [2.45, 2.75) is 13.3 Å². The first-order valence-corrected chi connectivity index (χ1v) is 13.1. The van der Waals surface area contributed by atoms with Crippen LogP contribution in [-0.2, 0) is 11.2 Å². The molecule has 202 valence electrons. The highest BCUT2D eigenvalue weighted by molar-refractivity contribution is 6.07. The molecule has 0 bridgehead atoms. The quantitative estimate of drug-likeness (QED) is 0.187. The van der Waals surface area contributed by atoms with Crippen LogP contribution < -0.4 is 10.1 Å². The SMILES string of the molecule is COCCOc1ccc2c(-c3c(O)[nH]c4ccc(C(=O)NCCc5c[nH]c6ccc(C)cc56)cc34)ncnc2c1. The Labute approximate surface area is 230 Å². The Morgan fingerprint density at radius 1 is 0.975 bits per heavy atom. The first-order chi connectivity index (χ1) is 19.5. The average Bonchev–Trinajstić information content (AvgIpc) is 3.51. The van der Waals surface area contributed by atoms with Crippen LogP contribution in [-0.4, -0.2) is 57.8 Å². The highest BCUT2D eigenvalue weighted by Gasteiger charge is 2.19. The molecule has 1 amide bonds. The summed E-state index contributed by atoms with van der Waals surface area (Å²) < 4.78 is 10.8. The van der Waals surface area contributed by atoms with Gasteiger partial charge in [0.1, 0.15) is 18.7 Å². The first-order valence-electron chi connectivity index (χ1n) is 13.1. The lowest BCUT2D eigenvalue weighted by atomic mass is 10.0. The lowest BCUT2D eigenvalue weighted by Crippen LogP contribution is -2.25. The summed E-state index contributed by atoms with van der Waals surface area (Å²) in [6, 6.07) is 17.2. The Balaban J connectivity index is 1.25. The molecule has 40 heavy (non-hydrogen) atoms. The molecule has 3 aromatic carbocycles. The van der Waals surface area contributed by atoms with Gasteiger partial charge in [0.25, 0.3) is 5.91 Å². The minimum atomic E-state index is -0.185. The van der Waals surface area contributed by atoms with E-state index in [1.165, 1.54) is 17.3 Å². The predicted octanol–water partition coefficient (Wildman–Crippen LogP) is 5.27. The molecule has 0 radical (unpaired) electrons. The summed E-state index contributed by atoms with van der Waals surface area (Å²) in [5.74, 6) is 0.455. The predicted molar refractivity (Wildman–Crippen MR) is 155 cm³/mol. The molecule has 0 saturated carbocycles. The highest BCUT2D eigenvalue weighted by atomic mass is 16.5. The lowest BCUT2D eigenvalue weighted by Gasteiger charge is -2.09. The van der Waals surface area contributed by atoms with Crippen molar-refractivity contribution in [3.05, 3.63) is 83.8 Å². The number of ether oxygens (including phenoxy) is 2. The summed E-state index contributed by atoms with van der Waals surface area (Å²) in [6.07, 6.45) is 4.16. The van der Waals surface area contributed by atoms with Crippen LogP contribution in [0.2, 0.25) is 0 Å². The van der Waals surface area contributed by atoms with Crippen LogP contribution >= 0.6 is 0 Å². The fraction of sp³-hybridized carbons (Fsp3) is 0.194. The summed E-state index contributed by atoms with van der Waals surface area (Å²) >= 11 is 0. The third-order valence-electron chi connectivity index (χ3n) is 7.04.